The predicted molar refractivity (Wildman–Crippen MR) is 76.1 cm³/mol. The third-order valence-electron chi connectivity index (χ3n) is 2.66. The molecule has 2 aromatic rings. The van der Waals surface area contributed by atoms with Crippen LogP contribution in [-0.4, -0.2) is 16.7 Å². The number of hydrogen-bond donors (Lipinski definition) is 2. The quantitative estimate of drug-likeness (QED) is 0.881. The zero-order chi connectivity index (χ0) is 14.8. The highest BCUT2D eigenvalue weighted by molar-refractivity contribution is 5.86. The molecular weight excluding hydrogens is 254 g/mol. The molecule has 5 nitrogen and oxygen atoms in total. The van der Waals surface area contributed by atoms with Crippen molar-refractivity contribution in [2.24, 2.45) is 0 Å². The van der Waals surface area contributed by atoms with Crippen molar-refractivity contribution >= 4 is 17.0 Å². The molecule has 2 rings (SSSR count). The lowest BCUT2D eigenvalue weighted by molar-refractivity contribution is 0.0523. The summed E-state index contributed by atoms with van der Waals surface area (Å²) in [6.45, 7) is 5.77. The molecule has 1 aromatic heterocycles. The van der Waals surface area contributed by atoms with Crippen molar-refractivity contribution < 1.29 is 9.53 Å². The van der Waals surface area contributed by atoms with Gasteiger partial charge < -0.3 is 15.0 Å². The molecule has 0 radical (unpaired) electrons. The summed E-state index contributed by atoms with van der Waals surface area (Å²) < 4.78 is 5.16. The minimum atomic E-state index is -0.515. The Kier molecular flexibility index (Phi) is 3.66. The average molecular weight is 271 g/mol. The molecule has 0 spiro atoms. The second-order valence-electron chi connectivity index (χ2n) is 5.53. The van der Waals surface area contributed by atoms with Crippen LogP contribution in [0.1, 0.15) is 32.0 Å². The van der Waals surface area contributed by atoms with E-state index in [0.29, 0.717) is 12.1 Å². The van der Waals surface area contributed by atoms with Crippen LogP contribution in [0.3, 0.4) is 0 Å². The number of carbonyl (C=O) groups excluding carboxylic acids is 1. The van der Waals surface area contributed by atoms with Gasteiger partial charge in [-0.1, -0.05) is 6.07 Å². The highest BCUT2D eigenvalue weighted by Crippen LogP contribution is 2.19. The lowest BCUT2D eigenvalue weighted by Crippen LogP contribution is -2.32. The molecule has 0 fully saturated rings. The van der Waals surface area contributed by atoms with E-state index < -0.39 is 11.7 Å². The summed E-state index contributed by atoms with van der Waals surface area (Å²) >= 11 is 0. The molecule has 1 aromatic carbocycles. The summed E-state index contributed by atoms with van der Waals surface area (Å²) in [4.78, 5) is 14.7. The highest BCUT2D eigenvalue weighted by Gasteiger charge is 2.16. The molecule has 104 valence electrons. The van der Waals surface area contributed by atoms with E-state index >= 15 is 0 Å². The zero-order valence-electron chi connectivity index (χ0n) is 11.8. The van der Waals surface area contributed by atoms with Crippen molar-refractivity contribution in [2.45, 2.75) is 32.9 Å². The minimum Gasteiger partial charge on any atom is -0.444 e. The first-order valence-electron chi connectivity index (χ1n) is 6.36. The van der Waals surface area contributed by atoms with Gasteiger partial charge in [0.25, 0.3) is 0 Å². The molecule has 0 aliphatic heterocycles. The molecule has 2 N–H and O–H groups in total. The van der Waals surface area contributed by atoms with Gasteiger partial charge in [-0.05, 0) is 39.0 Å². The monoisotopic (exact) mass is 271 g/mol. The van der Waals surface area contributed by atoms with Crippen LogP contribution in [0.5, 0.6) is 0 Å². The molecule has 1 amide bonds. The van der Waals surface area contributed by atoms with E-state index in [2.05, 4.69) is 16.4 Å². The molecule has 20 heavy (non-hydrogen) atoms. The first-order chi connectivity index (χ1) is 9.39. The minimum absolute atomic E-state index is 0.328. The van der Waals surface area contributed by atoms with Crippen LogP contribution in [0.25, 0.3) is 10.9 Å². The average Bonchev–Trinajstić information content (AvgIpc) is 2.76. The number of benzene rings is 1. The van der Waals surface area contributed by atoms with Crippen LogP contribution in [0.4, 0.5) is 4.79 Å². The summed E-state index contributed by atoms with van der Waals surface area (Å²) in [6, 6.07) is 9.50. The molecular formula is C15H17N3O2. The number of ether oxygens (including phenoxy) is 1. The number of fused-ring (bicyclic) bond motifs is 1. The van der Waals surface area contributed by atoms with Crippen LogP contribution >= 0.6 is 0 Å². The van der Waals surface area contributed by atoms with Crippen molar-refractivity contribution in [2.75, 3.05) is 0 Å². The maximum Gasteiger partial charge on any atom is 0.407 e. The molecule has 0 unspecified atom stereocenters. The normalized spacial score (nSPS) is 11.1. The highest BCUT2D eigenvalue weighted by atomic mass is 16.6. The maximum atomic E-state index is 11.6. The number of hydrogen-bond acceptors (Lipinski definition) is 3. The standard InChI is InChI=1S/C15H17N3O2/c1-15(2,3)20-14(19)17-9-11-7-12-10(8-16)5-4-6-13(12)18-11/h4-7,18H,9H2,1-3H3,(H,17,19). The van der Waals surface area contributed by atoms with Crippen LogP contribution in [-0.2, 0) is 11.3 Å². The van der Waals surface area contributed by atoms with Crippen molar-refractivity contribution in [3.8, 4) is 6.07 Å². The van der Waals surface area contributed by atoms with Gasteiger partial charge in [0.2, 0.25) is 0 Å². The SMILES string of the molecule is CC(C)(C)OC(=O)NCc1cc2c(C#N)cccc2[nH]1. The van der Waals surface area contributed by atoms with Gasteiger partial charge in [0.1, 0.15) is 5.60 Å². The Morgan fingerprint density at radius 2 is 2.20 bits per heavy atom. The molecule has 0 atom stereocenters. The summed E-state index contributed by atoms with van der Waals surface area (Å²) in [7, 11) is 0. The van der Waals surface area contributed by atoms with E-state index in [-0.39, 0.29) is 0 Å². The van der Waals surface area contributed by atoms with Crippen LogP contribution in [0.2, 0.25) is 0 Å². The largest absolute Gasteiger partial charge is 0.444 e. The molecule has 5 heteroatoms. The van der Waals surface area contributed by atoms with E-state index in [1.165, 1.54) is 0 Å². The number of carbonyl (C=O) groups is 1. The van der Waals surface area contributed by atoms with Gasteiger partial charge in [0.15, 0.2) is 0 Å². The zero-order valence-corrected chi connectivity index (χ0v) is 11.8. The molecule has 0 saturated carbocycles. The number of nitrogens with zero attached hydrogens (tertiary/aromatic N) is 1. The maximum absolute atomic E-state index is 11.6. The summed E-state index contributed by atoms with van der Waals surface area (Å²) in [6.07, 6.45) is -0.461. The lowest BCUT2D eigenvalue weighted by atomic mass is 10.1. The summed E-state index contributed by atoms with van der Waals surface area (Å²) in [5, 5.41) is 12.6. The van der Waals surface area contributed by atoms with E-state index in [9.17, 15) is 4.79 Å². The first-order valence-corrected chi connectivity index (χ1v) is 6.36. The Hall–Kier alpha value is -2.48. The van der Waals surface area contributed by atoms with E-state index in [4.69, 9.17) is 10.00 Å². The molecule has 0 aliphatic carbocycles. The Morgan fingerprint density at radius 3 is 2.85 bits per heavy atom. The number of amides is 1. The van der Waals surface area contributed by atoms with Crippen LogP contribution in [0.15, 0.2) is 24.3 Å². The van der Waals surface area contributed by atoms with Gasteiger partial charge in [-0.25, -0.2) is 4.79 Å². The number of H-pyrrole nitrogens is 1. The van der Waals surface area contributed by atoms with Crippen molar-refractivity contribution in [1.82, 2.24) is 10.3 Å². The third-order valence-corrected chi connectivity index (χ3v) is 2.66. The molecule has 1 heterocycles. The summed E-state index contributed by atoms with van der Waals surface area (Å²) in [5.74, 6) is 0. The summed E-state index contributed by atoms with van der Waals surface area (Å²) in [5.41, 5.74) is 1.80. The van der Waals surface area contributed by atoms with Crippen molar-refractivity contribution in [3.63, 3.8) is 0 Å². The second kappa shape index (κ2) is 5.25. The third kappa shape index (κ3) is 3.29. The molecule has 0 bridgehead atoms. The van der Waals surface area contributed by atoms with Gasteiger partial charge >= 0.3 is 6.09 Å². The number of nitrogens with one attached hydrogen (secondary N) is 2. The lowest BCUT2D eigenvalue weighted by Gasteiger charge is -2.19. The Labute approximate surface area is 117 Å². The van der Waals surface area contributed by atoms with Crippen molar-refractivity contribution in [1.29, 1.82) is 5.26 Å². The van der Waals surface area contributed by atoms with Gasteiger partial charge in [0, 0.05) is 16.6 Å². The van der Waals surface area contributed by atoms with E-state index in [1.807, 2.05) is 39.0 Å². The smallest absolute Gasteiger partial charge is 0.407 e. The fourth-order valence-electron chi connectivity index (χ4n) is 1.89. The Morgan fingerprint density at radius 1 is 1.45 bits per heavy atom. The number of rotatable bonds is 2. The fraction of sp³-hybridized carbons (Fsp3) is 0.333. The Balaban J connectivity index is 2.08. The van der Waals surface area contributed by atoms with Gasteiger partial charge in [-0.15, -0.1) is 0 Å². The van der Waals surface area contributed by atoms with E-state index in [0.717, 1.165) is 16.6 Å². The van der Waals surface area contributed by atoms with Crippen molar-refractivity contribution in [3.05, 3.63) is 35.5 Å². The van der Waals surface area contributed by atoms with Crippen LogP contribution < -0.4 is 5.32 Å². The topological polar surface area (TPSA) is 77.9 Å². The number of aromatic nitrogens is 1. The molecule has 0 saturated heterocycles. The first kappa shape index (κ1) is 13.9. The Bertz CT molecular complexity index is 674. The second-order valence-corrected chi connectivity index (χ2v) is 5.53. The fourth-order valence-corrected chi connectivity index (χ4v) is 1.89. The number of nitriles is 1. The van der Waals surface area contributed by atoms with Gasteiger partial charge in [-0.2, -0.15) is 5.26 Å². The molecule has 0 aliphatic rings. The van der Waals surface area contributed by atoms with E-state index in [1.54, 1.807) is 6.07 Å². The predicted octanol–water partition coefficient (Wildman–Crippen LogP) is 3.06. The van der Waals surface area contributed by atoms with Crippen LogP contribution in [0, 0.1) is 11.3 Å². The van der Waals surface area contributed by atoms with Gasteiger partial charge in [-0.3, -0.25) is 0 Å². The number of aromatic amines is 1. The number of alkyl carbamates (subject to hydrolysis) is 1. The van der Waals surface area contributed by atoms with Gasteiger partial charge in [0.05, 0.1) is 18.2 Å².